The standard InChI is InChI=1S/C18H19FN2O2/c1-3-23-18(21(2)13-14-7-5-4-6-8-14)20-17(22)15-9-11-16(19)12-10-15/h4-12H,3,13H2,1-2H3. The number of hydrogen-bond acceptors (Lipinski definition) is 2. The normalized spacial score (nSPS) is 11.2. The summed E-state index contributed by atoms with van der Waals surface area (Å²) in [5.41, 5.74) is 1.40. The van der Waals surface area contributed by atoms with Gasteiger partial charge in [-0.25, -0.2) is 4.39 Å². The maximum atomic E-state index is 12.9. The van der Waals surface area contributed by atoms with Gasteiger partial charge in [-0.2, -0.15) is 4.99 Å². The van der Waals surface area contributed by atoms with Gasteiger partial charge in [-0.15, -0.1) is 0 Å². The predicted octanol–water partition coefficient (Wildman–Crippen LogP) is 3.49. The van der Waals surface area contributed by atoms with E-state index < -0.39 is 11.7 Å². The molecule has 0 aliphatic rings. The molecule has 2 aromatic rings. The van der Waals surface area contributed by atoms with Crippen LogP contribution in [0.1, 0.15) is 22.8 Å². The van der Waals surface area contributed by atoms with Gasteiger partial charge in [0.15, 0.2) is 0 Å². The van der Waals surface area contributed by atoms with Gasteiger partial charge in [0.05, 0.1) is 6.61 Å². The van der Waals surface area contributed by atoms with Gasteiger partial charge in [-0.3, -0.25) is 4.79 Å². The van der Waals surface area contributed by atoms with Crippen LogP contribution in [0.25, 0.3) is 0 Å². The van der Waals surface area contributed by atoms with Crippen LogP contribution < -0.4 is 0 Å². The lowest BCUT2D eigenvalue weighted by Gasteiger charge is -2.20. The molecule has 0 unspecified atom stereocenters. The molecule has 0 radical (unpaired) electrons. The summed E-state index contributed by atoms with van der Waals surface area (Å²) in [5, 5.41) is 0. The summed E-state index contributed by atoms with van der Waals surface area (Å²) in [6.07, 6.45) is 0. The minimum Gasteiger partial charge on any atom is -0.465 e. The summed E-state index contributed by atoms with van der Waals surface area (Å²) in [6.45, 7) is 2.79. The van der Waals surface area contributed by atoms with Gasteiger partial charge >= 0.3 is 0 Å². The molecule has 5 heteroatoms. The lowest BCUT2D eigenvalue weighted by atomic mass is 10.2. The quantitative estimate of drug-likeness (QED) is 0.641. The molecule has 1 amide bonds. The number of amidine groups is 1. The Morgan fingerprint density at radius 3 is 2.39 bits per heavy atom. The molecule has 0 aliphatic heterocycles. The van der Waals surface area contributed by atoms with E-state index in [1.807, 2.05) is 37.3 Å². The second-order valence-electron chi connectivity index (χ2n) is 4.98. The number of hydrogen-bond donors (Lipinski definition) is 0. The van der Waals surface area contributed by atoms with E-state index in [4.69, 9.17) is 4.74 Å². The predicted molar refractivity (Wildman–Crippen MR) is 87.7 cm³/mol. The van der Waals surface area contributed by atoms with E-state index in [1.165, 1.54) is 24.3 Å². The van der Waals surface area contributed by atoms with E-state index in [0.717, 1.165) is 5.56 Å². The number of amides is 1. The molecule has 2 aromatic carbocycles. The Labute approximate surface area is 135 Å². The van der Waals surface area contributed by atoms with Crippen molar-refractivity contribution < 1.29 is 13.9 Å². The molecular weight excluding hydrogens is 295 g/mol. The minimum absolute atomic E-state index is 0.241. The highest BCUT2D eigenvalue weighted by Crippen LogP contribution is 2.08. The largest absolute Gasteiger partial charge is 0.465 e. The van der Waals surface area contributed by atoms with Crippen LogP contribution in [0.15, 0.2) is 59.6 Å². The third kappa shape index (κ3) is 4.92. The number of ether oxygens (including phenoxy) is 1. The fraction of sp³-hybridized carbons (Fsp3) is 0.222. The number of aliphatic imine (C=N–C) groups is 1. The lowest BCUT2D eigenvalue weighted by molar-refractivity contribution is 0.0994. The second-order valence-corrected chi connectivity index (χ2v) is 4.98. The van der Waals surface area contributed by atoms with Crippen molar-refractivity contribution in [2.75, 3.05) is 13.7 Å². The van der Waals surface area contributed by atoms with Crippen molar-refractivity contribution in [1.82, 2.24) is 4.90 Å². The summed E-state index contributed by atoms with van der Waals surface area (Å²) in [4.78, 5) is 18.0. The molecule has 4 nitrogen and oxygen atoms in total. The van der Waals surface area contributed by atoms with Crippen LogP contribution in [0.5, 0.6) is 0 Å². The van der Waals surface area contributed by atoms with Crippen molar-refractivity contribution in [1.29, 1.82) is 0 Å². The Bertz CT molecular complexity index is 669. The fourth-order valence-corrected chi connectivity index (χ4v) is 2.03. The lowest BCUT2D eigenvalue weighted by Crippen LogP contribution is -2.29. The number of carbonyl (C=O) groups excluding carboxylic acids is 1. The van der Waals surface area contributed by atoms with Crippen molar-refractivity contribution in [2.45, 2.75) is 13.5 Å². The van der Waals surface area contributed by atoms with Gasteiger partial charge in [0, 0.05) is 19.2 Å². The van der Waals surface area contributed by atoms with Crippen LogP contribution in [0.2, 0.25) is 0 Å². The van der Waals surface area contributed by atoms with E-state index in [-0.39, 0.29) is 6.02 Å². The molecule has 0 saturated carbocycles. The Morgan fingerprint density at radius 1 is 1.13 bits per heavy atom. The van der Waals surface area contributed by atoms with Crippen LogP contribution in [-0.4, -0.2) is 30.5 Å². The van der Waals surface area contributed by atoms with Crippen molar-refractivity contribution in [3.8, 4) is 0 Å². The van der Waals surface area contributed by atoms with Gasteiger partial charge in [0.1, 0.15) is 5.82 Å². The van der Waals surface area contributed by atoms with E-state index in [2.05, 4.69) is 4.99 Å². The van der Waals surface area contributed by atoms with E-state index >= 15 is 0 Å². The van der Waals surface area contributed by atoms with Crippen molar-refractivity contribution in [3.05, 3.63) is 71.5 Å². The summed E-state index contributed by atoms with van der Waals surface area (Å²) in [7, 11) is 1.80. The molecule has 2 rings (SSSR count). The molecule has 0 atom stereocenters. The Hall–Kier alpha value is -2.69. The molecule has 0 bridgehead atoms. The van der Waals surface area contributed by atoms with Crippen LogP contribution in [0.3, 0.4) is 0 Å². The summed E-state index contributed by atoms with van der Waals surface area (Å²) < 4.78 is 18.4. The summed E-state index contributed by atoms with van der Waals surface area (Å²) in [6, 6.07) is 15.3. The highest BCUT2D eigenvalue weighted by molar-refractivity contribution is 6.01. The molecule has 0 fully saturated rings. The first-order chi connectivity index (χ1) is 11.1. The SMILES string of the molecule is CCOC(=NC(=O)c1ccc(F)cc1)N(C)Cc1ccccc1. The van der Waals surface area contributed by atoms with Gasteiger partial charge in [0.25, 0.3) is 11.9 Å². The van der Waals surface area contributed by atoms with Crippen LogP contribution >= 0.6 is 0 Å². The molecule has 0 aromatic heterocycles. The average Bonchev–Trinajstić information content (AvgIpc) is 2.56. The molecule has 120 valence electrons. The van der Waals surface area contributed by atoms with Gasteiger partial charge in [-0.05, 0) is 36.8 Å². The zero-order chi connectivity index (χ0) is 16.7. The van der Waals surface area contributed by atoms with Gasteiger partial charge < -0.3 is 9.64 Å². The summed E-state index contributed by atoms with van der Waals surface area (Å²) >= 11 is 0. The molecule has 0 saturated heterocycles. The van der Waals surface area contributed by atoms with Crippen molar-refractivity contribution >= 4 is 11.9 Å². The molecule has 0 N–H and O–H groups in total. The molecule has 23 heavy (non-hydrogen) atoms. The first kappa shape index (κ1) is 16.7. The van der Waals surface area contributed by atoms with Gasteiger partial charge in [0.2, 0.25) is 0 Å². The fourth-order valence-electron chi connectivity index (χ4n) is 2.03. The van der Waals surface area contributed by atoms with E-state index in [1.54, 1.807) is 11.9 Å². The topological polar surface area (TPSA) is 41.9 Å². The van der Waals surface area contributed by atoms with Gasteiger partial charge in [-0.1, -0.05) is 30.3 Å². The molecular formula is C18H19FN2O2. The molecule has 0 heterocycles. The Balaban J connectivity index is 2.15. The van der Waals surface area contributed by atoms with Crippen molar-refractivity contribution in [3.63, 3.8) is 0 Å². The summed E-state index contributed by atoms with van der Waals surface area (Å²) in [5.74, 6) is -0.856. The third-order valence-corrected chi connectivity index (χ3v) is 3.15. The highest BCUT2D eigenvalue weighted by atomic mass is 19.1. The molecule has 0 spiro atoms. The Kier molecular flexibility index (Phi) is 5.86. The van der Waals surface area contributed by atoms with Crippen LogP contribution in [-0.2, 0) is 11.3 Å². The first-order valence-electron chi connectivity index (χ1n) is 7.36. The number of rotatable bonds is 4. The smallest absolute Gasteiger partial charge is 0.295 e. The van der Waals surface area contributed by atoms with E-state index in [0.29, 0.717) is 18.7 Å². The average molecular weight is 314 g/mol. The number of nitrogens with zero attached hydrogens (tertiary/aromatic N) is 2. The number of halogens is 1. The highest BCUT2D eigenvalue weighted by Gasteiger charge is 2.12. The first-order valence-corrected chi connectivity index (χ1v) is 7.36. The number of benzene rings is 2. The monoisotopic (exact) mass is 314 g/mol. The minimum atomic E-state index is -0.464. The zero-order valence-electron chi connectivity index (χ0n) is 13.2. The zero-order valence-corrected chi connectivity index (χ0v) is 13.2. The third-order valence-electron chi connectivity index (χ3n) is 3.15. The number of carbonyl (C=O) groups is 1. The molecule has 0 aliphatic carbocycles. The maximum Gasteiger partial charge on any atom is 0.295 e. The van der Waals surface area contributed by atoms with Crippen LogP contribution in [0.4, 0.5) is 4.39 Å². The maximum absolute atomic E-state index is 12.9. The second kappa shape index (κ2) is 8.08. The van der Waals surface area contributed by atoms with Crippen LogP contribution in [0, 0.1) is 5.82 Å². The van der Waals surface area contributed by atoms with Crippen molar-refractivity contribution in [2.24, 2.45) is 4.99 Å². The van der Waals surface area contributed by atoms with E-state index in [9.17, 15) is 9.18 Å². The Morgan fingerprint density at radius 2 is 1.78 bits per heavy atom.